The fraction of sp³-hybridized carbons (Fsp3) is 0.348. The molecule has 1 aromatic carbocycles. The van der Waals surface area contributed by atoms with Crippen LogP contribution in [-0.4, -0.2) is 44.7 Å². The van der Waals surface area contributed by atoms with Crippen molar-refractivity contribution in [3.63, 3.8) is 0 Å². The van der Waals surface area contributed by atoms with Crippen LogP contribution in [0.2, 0.25) is 0 Å². The number of hydrogen-bond donors (Lipinski definition) is 2. The standard InChI is InChI=1S/C23H27N7OS2/c1-16-6-3-4-13-30(16)19-14-20(33-23-24-11-5-12-25-23)28-21(27-19)29-22(32)26-15-17-7-9-18(31-2)10-8-17/h5,7-12,14,16H,3-4,6,13,15H2,1-2H3,(H2,26,27,28,29,32). The lowest BCUT2D eigenvalue weighted by Gasteiger charge is -2.34. The number of rotatable bonds is 7. The van der Waals surface area contributed by atoms with Gasteiger partial charge in [-0.2, -0.15) is 4.98 Å². The number of thiocarbonyl (C=S) groups is 1. The number of aromatic nitrogens is 4. The fourth-order valence-corrected chi connectivity index (χ4v) is 4.48. The van der Waals surface area contributed by atoms with E-state index in [0.717, 1.165) is 41.5 Å². The van der Waals surface area contributed by atoms with Gasteiger partial charge in [-0.3, -0.25) is 0 Å². The van der Waals surface area contributed by atoms with Crippen molar-refractivity contribution in [2.75, 3.05) is 23.9 Å². The van der Waals surface area contributed by atoms with Gasteiger partial charge >= 0.3 is 0 Å². The summed E-state index contributed by atoms with van der Waals surface area (Å²) >= 11 is 6.91. The van der Waals surface area contributed by atoms with Crippen molar-refractivity contribution in [2.45, 2.75) is 49.0 Å². The van der Waals surface area contributed by atoms with Crippen LogP contribution >= 0.6 is 24.0 Å². The van der Waals surface area contributed by atoms with Crippen molar-refractivity contribution in [3.8, 4) is 5.75 Å². The highest BCUT2D eigenvalue weighted by atomic mass is 32.2. The van der Waals surface area contributed by atoms with Crippen LogP contribution in [0.25, 0.3) is 0 Å². The molecular weight excluding hydrogens is 454 g/mol. The molecule has 10 heteroatoms. The molecule has 3 aromatic rings. The van der Waals surface area contributed by atoms with E-state index in [1.807, 2.05) is 30.3 Å². The third kappa shape index (κ3) is 6.52. The van der Waals surface area contributed by atoms with E-state index in [4.69, 9.17) is 21.9 Å². The number of nitrogens with one attached hydrogen (secondary N) is 2. The summed E-state index contributed by atoms with van der Waals surface area (Å²) in [5, 5.41) is 8.23. The van der Waals surface area contributed by atoms with Gasteiger partial charge in [0.25, 0.3) is 0 Å². The Morgan fingerprint density at radius 3 is 2.70 bits per heavy atom. The Balaban J connectivity index is 1.49. The van der Waals surface area contributed by atoms with E-state index in [1.54, 1.807) is 25.6 Å². The highest BCUT2D eigenvalue weighted by molar-refractivity contribution is 7.99. The molecule has 172 valence electrons. The Hall–Kier alpha value is -2.98. The molecule has 1 aliphatic heterocycles. The molecule has 8 nitrogen and oxygen atoms in total. The van der Waals surface area contributed by atoms with Crippen molar-refractivity contribution in [3.05, 3.63) is 54.4 Å². The van der Waals surface area contributed by atoms with Gasteiger partial charge in [0.1, 0.15) is 16.6 Å². The van der Waals surface area contributed by atoms with E-state index >= 15 is 0 Å². The monoisotopic (exact) mass is 481 g/mol. The second-order valence-corrected chi connectivity index (χ2v) is 9.11. The van der Waals surface area contributed by atoms with Crippen LogP contribution in [0.4, 0.5) is 11.8 Å². The molecule has 0 amide bonds. The number of methoxy groups -OCH3 is 1. The molecule has 0 bridgehead atoms. The SMILES string of the molecule is COc1ccc(CNC(=S)Nc2nc(Sc3ncccn3)cc(N3CCCCC3C)n2)cc1. The lowest BCUT2D eigenvalue weighted by atomic mass is 10.0. The van der Waals surface area contributed by atoms with E-state index in [1.165, 1.54) is 18.2 Å². The molecule has 3 heterocycles. The minimum atomic E-state index is 0.424. The molecule has 0 saturated carbocycles. The Morgan fingerprint density at radius 1 is 1.18 bits per heavy atom. The zero-order chi connectivity index (χ0) is 23.0. The van der Waals surface area contributed by atoms with E-state index < -0.39 is 0 Å². The van der Waals surface area contributed by atoms with Gasteiger partial charge in [-0.05, 0) is 73.9 Å². The molecule has 1 aliphatic rings. The first-order valence-electron chi connectivity index (χ1n) is 10.9. The predicted octanol–water partition coefficient (Wildman–Crippen LogP) is 4.29. The van der Waals surface area contributed by atoms with Gasteiger partial charge in [-0.1, -0.05) is 12.1 Å². The van der Waals surface area contributed by atoms with Crippen LogP contribution in [0, 0.1) is 0 Å². The number of ether oxygens (including phenoxy) is 1. The van der Waals surface area contributed by atoms with Gasteiger partial charge in [0.15, 0.2) is 10.3 Å². The van der Waals surface area contributed by atoms with Crippen LogP contribution in [0.15, 0.2) is 59.0 Å². The number of anilines is 2. The molecule has 2 N–H and O–H groups in total. The summed E-state index contributed by atoms with van der Waals surface area (Å²) in [4.78, 5) is 20.4. The lowest BCUT2D eigenvalue weighted by molar-refractivity contribution is 0.414. The Bertz CT molecular complexity index is 1070. The normalized spacial score (nSPS) is 15.7. The first-order chi connectivity index (χ1) is 16.1. The van der Waals surface area contributed by atoms with Crippen LogP contribution in [0.5, 0.6) is 5.75 Å². The Labute approximate surface area is 203 Å². The molecular formula is C23H27N7OS2. The molecule has 1 atom stereocenters. The summed E-state index contributed by atoms with van der Waals surface area (Å²) in [6.07, 6.45) is 7.00. The number of piperidine rings is 1. The van der Waals surface area contributed by atoms with Crippen molar-refractivity contribution in [2.24, 2.45) is 0 Å². The highest BCUT2D eigenvalue weighted by Crippen LogP contribution is 2.29. The second kappa shape index (κ2) is 11.2. The second-order valence-electron chi connectivity index (χ2n) is 7.72. The molecule has 1 fully saturated rings. The Morgan fingerprint density at radius 2 is 1.97 bits per heavy atom. The van der Waals surface area contributed by atoms with E-state index in [9.17, 15) is 0 Å². The minimum Gasteiger partial charge on any atom is -0.497 e. The maximum atomic E-state index is 5.51. The highest BCUT2D eigenvalue weighted by Gasteiger charge is 2.21. The summed E-state index contributed by atoms with van der Waals surface area (Å²) in [7, 11) is 1.65. The van der Waals surface area contributed by atoms with E-state index in [0.29, 0.717) is 28.8 Å². The first kappa shape index (κ1) is 23.2. The fourth-order valence-electron chi connectivity index (χ4n) is 3.61. The van der Waals surface area contributed by atoms with Crippen LogP contribution in [0.3, 0.4) is 0 Å². The van der Waals surface area contributed by atoms with Gasteiger partial charge in [-0.25, -0.2) is 15.0 Å². The van der Waals surface area contributed by atoms with Crippen molar-refractivity contribution in [1.29, 1.82) is 0 Å². The molecule has 1 saturated heterocycles. The summed E-state index contributed by atoms with van der Waals surface area (Å²) in [6.45, 7) is 3.80. The van der Waals surface area contributed by atoms with E-state index in [2.05, 4.69) is 37.4 Å². The van der Waals surface area contributed by atoms with Gasteiger partial charge in [0.2, 0.25) is 5.95 Å². The summed E-state index contributed by atoms with van der Waals surface area (Å²) < 4.78 is 5.21. The van der Waals surface area contributed by atoms with Gasteiger partial charge in [0, 0.05) is 37.6 Å². The quantitative estimate of drug-likeness (QED) is 0.289. The topological polar surface area (TPSA) is 88.1 Å². The van der Waals surface area contributed by atoms with Gasteiger partial charge in [-0.15, -0.1) is 0 Å². The molecule has 0 aliphatic carbocycles. The maximum Gasteiger partial charge on any atom is 0.232 e. The van der Waals surface area contributed by atoms with Crippen LogP contribution in [-0.2, 0) is 6.54 Å². The third-order valence-corrected chi connectivity index (χ3v) is 6.42. The zero-order valence-electron chi connectivity index (χ0n) is 18.7. The molecule has 0 radical (unpaired) electrons. The number of benzene rings is 1. The van der Waals surface area contributed by atoms with Crippen LogP contribution < -0.4 is 20.3 Å². The lowest BCUT2D eigenvalue weighted by Crippen LogP contribution is -2.38. The summed E-state index contributed by atoms with van der Waals surface area (Å²) in [5.41, 5.74) is 1.09. The van der Waals surface area contributed by atoms with Crippen molar-refractivity contribution in [1.82, 2.24) is 25.3 Å². The predicted molar refractivity (Wildman–Crippen MR) is 135 cm³/mol. The van der Waals surface area contributed by atoms with Gasteiger partial charge < -0.3 is 20.3 Å². The zero-order valence-corrected chi connectivity index (χ0v) is 20.3. The first-order valence-corrected chi connectivity index (χ1v) is 12.1. The number of hydrogen-bond acceptors (Lipinski definition) is 8. The molecule has 0 spiro atoms. The van der Waals surface area contributed by atoms with Crippen molar-refractivity contribution < 1.29 is 4.74 Å². The largest absolute Gasteiger partial charge is 0.497 e. The maximum absolute atomic E-state index is 5.51. The summed E-state index contributed by atoms with van der Waals surface area (Å²) in [5.74, 6) is 2.16. The minimum absolute atomic E-state index is 0.424. The van der Waals surface area contributed by atoms with Crippen molar-refractivity contribution >= 4 is 40.9 Å². The van der Waals surface area contributed by atoms with Crippen LogP contribution in [0.1, 0.15) is 31.7 Å². The molecule has 2 aromatic heterocycles. The molecule has 4 rings (SSSR count). The Kier molecular flexibility index (Phi) is 7.90. The average molecular weight is 482 g/mol. The van der Waals surface area contributed by atoms with E-state index in [-0.39, 0.29) is 0 Å². The average Bonchev–Trinajstić information content (AvgIpc) is 2.84. The molecule has 1 unspecified atom stereocenters. The number of nitrogens with zero attached hydrogens (tertiary/aromatic N) is 5. The smallest absolute Gasteiger partial charge is 0.232 e. The van der Waals surface area contributed by atoms with Gasteiger partial charge in [0.05, 0.1) is 7.11 Å². The molecule has 33 heavy (non-hydrogen) atoms. The summed E-state index contributed by atoms with van der Waals surface area (Å²) in [6, 6.07) is 12.1. The third-order valence-electron chi connectivity index (χ3n) is 5.36.